The van der Waals surface area contributed by atoms with Crippen LogP contribution in [0.4, 0.5) is 0 Å². The van der Waals surface area contributed by atoms with Crippen molar-refractivity contribution in [3.05, 3.63) is 52.6 Å². The van der Waals surface area contributed by atoms with Gasteiger partial charge in [-0.25, -0.2) is 0 Å². The summed E-state index contributed by atoms with van der Waals surface area (Å²) in [6.07, 6.45) is 0. The highest BCUT2D eigenvalue weighted by Crippen LogP contribution is 2.34. The minimum atomic E-state index is -2.69. The molecule has 122 valence electrons. The van der Waals surface area contributed by atoms with Gasteiger partial charge in [-0.15, -0.1) is 0 Å². The van der Waals surface area contributed by atoms with Crippen LogP contribution in [0.5, 0.6) is 11.5 Å². The Hall–Kier alpha value is -2.06. The minimum absolute atomic E-state index is 0.339. The molecule has 1 unspecified atom stereocenters. The highest BCUT2D eigenvalue weighted by molar-refractivity contribution is 7.71. The van der Waals surface area contributed by atoms with E-state index in [1.165, 1.54) is 7.11 Å². The Morgan fingerprint density at radius 2 is 1.57 bits per heavy atom. The third kappa shape index (κ3) is 3.48. The normalized spacial score (nSPS) is 11.9. The monoisotopic (exact) mass is 332 g/mol. The van der Waals surface area contributed by atoms with Crippen molar-refractivity contribution in [2.45, 2.75) is 20.8 Å². The smallest absolute Gasteiger partial charge is 0.223 e. The van der Waals surface area contributed by atoms with Gasteiger partial charge in [0.1, 0.15) is 11.5 Å². The first-order valence-electron chi connectivity index (χ1n) is 7.28. The molecule has 5 heteroatoms. The van der Waals surface area contributed by atoms with Crippen molar-refractivity contribution in [2.75, 3.05) is 14.2 Å². The molecule has 2 aromatic rings. The highest BCUT2D eigenvalue weighted by Gasteiger charge is 2.23. The topological polar surface area (TPSA) is 52.6 Å². The molecule has 23 heavy (non-hydrogen) atoms. The van der Waals surface area contributed by atoms with Gasteiger partial charge < -0.3 is 14.0 Å². The van der Waals surface area contributed by atoms with Gasteiger partial charge in [-0.1, -0.05) is 17.7 Å². The fourth-order valence-corrected chi connectivity index (χ4v) is 4.26. The molecule has 0 aromatic heterocycles. The largest absolute Gasteiger partial charge is 0.497 e. The Bertz CT molecular complexity index is 758. The summed E-state index contributed by atoms with van der Waals surface area (Å²) in [5.41, 5.74) is 2.97. The molecule has 0 saturated heterocycles. The van der Waals surface area contributed by atoms with Crippen molar-refractivity contribution in [3.8, 4) is 11.5 Å². The van der Waals surface area contributed by atoms with Crippen molar-refractivity contribution in [2.24, 2.45) is 0 Å². The first-order chi connectivity index (χ1) is 10.9. The summed E-state index contributed by atoms with van der Waals surface area (Å²) in [6.45, 7) is 5.71. The fraction of sp³-hybridized carbons (Fsp3) is 0.278. The summed E-state index contributed by atoms with van der Waals surface area (Å²) in [4.78, 5) is 12.8. The van der Waals surface area contributed by atoms with E-state index in [2.05, 4.69) is 0 Å². The zero-order valence-corrected chi connectivity index (χ0v) is 15.0. The van der Waals surface area contributed by atoms with Gasteiger partial charge in [0.05, 0.1) is 19.5 Å². The Balaban J connectivity index is 2.47. The van der Waals surface area contributed by atoms with E-state index in [-0.39, 0.29) is 5.52 Å². The second kappa shape index (κ2) is 7.01. The third-order valence-electron chi connectivity index (χ3n) is 3.76. The summed E-state index contributed by atoms with van der Waals surface area (Å²) in [6, 6.07) is 8.82. The molecule has 0 N–H and O–H groups in total. The van der Waals surface area contributed by atoms with Crippen molar-refractivity contribution >= 4 is 18.6 Å². The molecule has 1 atom stereocenters. The standard InChI is InChI=1S/C18H21O4P/c1-11-8-12(2)17(13(3)9-11)18(19)23(20)16-7-6-14(21-4)10-15(16)22-5/h6-10,23H,1-5H3. The molecule has 0 heterocycles. The van der Waals surface area contributed by atoms with E-state index in [9.17, 15) is 9.36 Å². The van der Waals surface area contributed by atoms with Crippen LogP contribution in [0.25, 0.3) is 0 Å². The first kappa shape index (κ1) is 17.3. The average Bonchev–Trinajstić information content (AvgIpc) is 2.52. The van der Waals surface area contributed by atoms with Gasteiger partial charge in [0, 0.05) is 11.6 Å². The lowest BCUT2D eigenvalue weighted by atomic mass is 10.0. The van der Waals surface area contributed by atoms with Crippen LogP contribution in [0, 0.1) is 20.8 Å². The van der Waals surface area contributed by atoms with Crippen LogP contribution in [0.3, 0.4) is 0 Å². The molecule has 0 aliphatic heterocycles. The van der Waals surface area contributed by atoms with Crippen molar-refractivity contribution in [1.82, 2.24) is 0 Å². The number of hydrogen-bond donors (Lipinski definition) is 0. The van der Waals surface area contributed by atoms with E-state index >= 15 is 0 Å². The van der Waals surface area contributed by atoms with Gasteiger partial charge >= 0.3 is 0 Å². The van der Waals surface area contributed by atoms with Gasteiger partial charge in [0.2, 0.25) is 5.52 Å². The average molecular weight is 332 g/mol. The van der Waals surface area contributed by atoms with Crippen LogP contribution in [-0.2, 0) is 4.57 Å². The molecular weight excluding hydrogens is 311 g/mol. The molecule has 0 aliphatic carbocycles. The Kier molecular flexibility index (Phi) is 5.27. The quantitative estimate of drug-likeness (QED) is 0.784. The number of rotatable bonds is 5. The number of methoxy groups -OCH3 is 2. The maximum absolute atomic E-state index is 12.8. The summed E-state index contributed by atoms with van der Waals surface area (Å²) < 4.78 is 23.2. The summed E-state index contributed by atoms with van der Waals surface area (Å²) in [5, 5.41) is 0.419. The molecule has 0 spiro atoms. The number of hydrogen-bond acceptors (Lipinski definition) is 4. The lowest BCUT2D eigenvalue weighted by molar-refractivity contribution is 0.107. The maximum atomic E-state index is 12.8. The second-order valence-corrected chi connectivity index (χ2v) is 7.15. The number of ether oxygens (including phenoxy) is 2. The van der Waals surface area contributed by atoms with E-state index in [0.29, 0.717) is 22.4 Å². The number of carbonyl (C=O) groups excluding carboxylic acids is 1. The van der Waals surface area contributed by atoms with E-state index in [1.54, 1.807) is 25.3 Å². The molecule has 2 rings (SSSR count). The zero-order chi connectivity index (χ0) is 17.1. The van der Waals surface area contributed by atoms with Crippen molar-refractivity contribution < 1.29 is 18.8 Å². The predicted octanol–water partition coefficient (Wildman–Crippen LogP) is 3.65. The van der Waals surface area contributed by atoms with Gasteiger partial charge in [-0.3, -0.25) is 4.79 Å². The SMILES string of the molecule is COc1ccc([PH](=O)C(=O)c2c(C)cc(C)cc2C)c(OC)c1. The van der Waals surface area contributed by atoms with Gasteiger partial charge in [-0.2, -0.15) is 0 Å². The van der Waals surface area contributed by atoms with E-state index < -0.39 is 7.80 Å². The predicted molar refractivity (Wildman–Crippen MR) is 93.2 cm³/mol. The number of aryl methyl sites for hydroxylation is 3. The van der Waals surface area contributed by atoms with E-state index in [4.69, 9.17) is 9.47 Å². The zero-order valence-electron chi connectivity index (χ0n) is 14.0. The van der Waals surface area contributed by atoms with Crippen LogP contribution in [0.2, 0.25) is 0 Å². The van der Waals surface area contributed by atoms with Gasteiger partial charge in [-0.05, 0) is 44.0 Å². The molecule has 0 amide bonds. The molecular formula is C18H21O4P. The second-order valence-electron chi connectivity index (χ2n) is 5.50. The first-order valence-corrected chi connectivity index (χ1v) is 8.68. The van der Waals surface area contributed by atoms with Crippen LogP contribution < -0.4 is 14.8 Å². The number of benzene rings is 2. The lowest BCUT2D eigenvalue weighted by Gasteiger charge is -2.13. The highest BCUT2D eigenvalue weighted by atomic mass is 31.1. The van der Waals surface area contributed by atoms with Crippen molar-refractivity contribution in [3.63, 3.8) is 0 Å². The fourth-order valence-electron chi connectivity index (χ4n) is 2.76. The Morgan fingerprint density at radius 3 is 2.09 bits per heavy atom. The molecule has 0 saturated carbocycles. The Morgan fingerprint density at radius 1 is 0.957 bits per heavy atom. The minimum Gasteiger partial charge on any atom is -0.497 e. The summed E-state index contributed by atoms with van der Waals surface area (Å²) in [7, 11) is 0.340. The van der Waals surface area contributed by atoms with Crippen LogP contribution >= 0.6 is 7.80 Å². The lowest BCUT2D eigenvalue weighted by Crippen LogP contribution is -2.10. The van der Waals surface area contributed by atoms with E-state index in [0.717, 1.165) is 16.7 Å². The summed E-state index contributed by atoms with van der Waals surface area (Å²) in [5.74, 6) is 1.000. The van der Waals surface area contributed by atoms with Crippen molar-refractivity contribution in [1.29, 1.82) is 0 Å². The van der Waals surface area contributed by atoms with Crippen LogP contribution in [0.15, 0.2) is 30.3 Å². The maximum Gasteiger partial charge on any atom is 0.223 e. The molecule has 0 aliphatic rings. The van der Waals surface area contributed by atoms with Gasteiger partial charge in [0.15, 0.2) is 7.80 Å². The van der Waals surface area contributed by atoms with Crippen LogP contribution in [-0.4, -0.2) is 19.7 Å². The molecule has 2 aromatic carbocycles. The van der Waals surface area contributed by atoms with Crippen LogP contribution in [0.1, 0.15) is 27.0 Å². The molecule has 0 radical (unpaired) electrons. The third-order valence-corrected chi connectivity index (χ3v) is 5.33. The number of carbonyl (C=O) groups is 1. The molecule has 4 nitrogen and oxygen atoms in total. The summed E-state index contributed by atoms with van der Waals surface area (Å²) >= 11 is 0. The Labute approximate surface area is 137 Å². The van der Waals surface area contributed by atoms with E-state index in [1.807, 2.05) is 32.9 Å². The molecule has 0 fully saturated rings. The molecule has 0 bridgehead atoms. The van der Waals surface area contributed by atoms with Gasteiger partial charge in [0.25, 0.3) is 0 Å².